The van der Waals surface area contributed by atoms with E-state index < -0.39 is 17.8 Å². The number of hydrogen-bond acceptors (Lipinski definition) is 6. The number of para-hydroxylation sites is 1. The van der Waals surface area contributed by atoms with Gasteiger partial charge in [-0.15, -0.1) is 0 Å². The van der Waals surface area contributed by atoms with Crippen molar-refractivity contribution >= 4 is 23.4 Å². The molecule has 3 aromatic carbocycles. The number of Topliss-reactive ketones (excluding diaryl/α,β-unsaturated/α-hetero) is 1. The molecule has 1 aliphatic carbocycles. The smallest absolute Gasteiger partial charge is 0.336 e. The Balaban J connectivity index is 1.49. The van der Waals surface area contributed by atoms with Gasteiger partial charge < -0.3 is 19.9 Å². The highest BCUT2D eigenvalue weighted by Gasteiger charge is 2.48. The number of benzene rings is 3. The summed E-state index contributed by atoms with van der Waals surface area (Å²) in [6, 6.07) is 21.5. The number of carbonyl (C=O) groups is 2. The molecule has 7 heteroatoms. The van der Waals surface area contributed by atoms with E-state index in [4.69, 9.17) is 21.1 Å². The van der Waals surface area contributed by atoms with E-state index in [0.717, 1.165) is 16.9 Å². The molecule has 1 fully saturated rings. The summed E-state index contributed by atoms with van der Waals surface area (Å²) >= 11 is 5.98. The monoisotopic (exact) mass is 531 g/mol. The van der Waals surface area contributed by atoms with E-state index in [0.29, 0.717) is 34.7 Å². The summed E-state index contributed by atoms with van der Waals surface area (Å²) in [6.45, 7) is 1.93. The first kappa shape index (κ1) is 25.9. The van der Waals surface area contributed by atoms with E-state index in [-0.39, 0.29) is 30.1 Å². The first-order valence-corrected chi connectivity index (χ1v) is 13.1. The van der Waals surface area contributed by atoms with Crippen molar-refractivity contribution in [2.75, 3.05) is 7.11 Å². The molecule has 3 unspecified atom stereocenters. The Kier molecular flexibility index (Phi) is 7.43. The average molecular weight is 532 g/mol. The minimum Gasteiger partial charge on any atom is -0.508 e. The molecule has 1 heterocycles. The number of ether oxygens (including phenoxy) is 2. The van der Waals surface area contributed by atoms with E-state index >= 15 is 0 Å². The molecule has 6 nitrogen and oxygen atoms in total. The van der Waals surface area contributed by atoms with Crippen molar-refractivity contribution in [2.45, 2.75) is 44.2 Å². The lowest BCUT2D eigenvalue weighted by atomic mass is 9.64. The van der Waals surface area contributed by atoms with Crippen LogP contribution in [0.5, 0.6) is 11.5 Å². The molecule has 3 aromatic rings. The molecule has 0 aromatic heterocycles. The lowest BCUT2D eigenvalue weighted by molar-refractivity contribution is -0.141. The van der Waals surface area contributed by atoms with Crippen molar-refractivity contribution in [3.8, 4) is 11.5 Å². The number of rotatable bonds is 6. The van der Waals surface area contributed by atoms with Crippen LogP contribution in [0.15, 0.2) is 84.1 Å². The molecule has 0 bridgehead atoms. The van der Waals surface area contributed by atoms with Gasteiger partial charge in [-0.05, 0) is 66.3 Å². The molecule has 38 heavy (non-hydrogen) atoms. The van der Waals surface area contributed by atoms with Crippen molar-refractivity contribution in [3.63, 3.8) is 0 Å². The maximum Gasteiger partial charge on any atom is 0.336 e. The molecule has 1 aliphatic heterocycles. The van der Waals surface area contributed by atoms with Gasteiger partial charge in [-0.25, -0.2) is 4.79 Å². The summed E-state index contributed by atoms with van der Waals surface area (Å²) in [7, 11) is 1.64. The minimum absolute atomic E-state index is 0.0107. The number of phenolic OH excluding ortho intramolecular Hbond substituents is 1. The first-order valence-electron chi connectivity index (χ1n) is 12.7. The van der Waals surface area contributed by atoms with E-state index in [1.165, 1.54) is 0 Å². The quantitative estimate of drug-likeness (QED) is 0.386. The Labute approximate surface area is 227 Å². The molecule has 1 saturated carbocycles. The van der Waals surface area contributed by atoms with E-state index in [1.54, 1.807) is 49.6 Å². The van der Waals surface area contributed by atoms with Gasteiger partial charge in [0.2, 0.25) is 0 Å². The highest BCUT2D eigenvalue weighted by Crippen LogP contribution is 2.48. The maximum absolute atomic E-state index is 13.8. The second kappa shape index (κ2) is 10.9. The number of esters is 1. The Hall–Kier alpha value is -3.77. The Morgan fingerprint density at radius 2 is 1.84 bits per heavy atom. The van der Waals surface area contributed by atoms with Crippen LogP contribution in [-0.2, 0) is 20.9 Å². The molecular formula is C31H30ClNO5. The number of allylic oxidation sites excluding steroid dienone is 1. The second-order valence-electron chi connectivity index (χ2n) is 9.94. The van der Waals surface area contributed by atoms with Gasteiger partial charge in [0.25, 0.3) is 0 Å². The number of fused-ring (bicyclic) bond motifs is 1. The predicted octanol–water partition coefficient (Wildman–Crippen LogP) is 5.89. The lowest BCUT2D eigenvalue weighted by Crippen LogP contribution is -2.52. The number of phenols is 1. The number of hydrogen-bond donors (Lipinski definition) is 2. The molecule has 0 radical (unpaired) electrons. The fourth-order valence-corrected chi connectivity index (χ4v) is 6.02. The zero-order valence-corrected chi connectivity index (χ0v) is 22.1. The largest absolute Gasteiger partial charge is 0.508 e. The van der Waals surface area contributed by atoms with Gasteiger partial charge in [-0.3, -0.25) is 4.79 Å². The third-order valence-corrected chi connectivity index (χ3v) is 7.83. The van der Waals surface area contributed by atoms with Crippen LogP contribution in [0.25, 0.3) is 0 Å². The van der Waals surface area contributed by atoms with Crippen molar-refractivity contribution in [1.29, 1.82) is 0 Å². The van der Waals surface area contributed by atoms with Crippen LogP contribution in [0, 0.1) is 5.92 Å². The standard InChI is InChI=1S/C31H30ClNO5/c1-18-28(31(36)38-17-19-10-12-22(32)13-11-19)29(20-6-5-7-23(34)14-20)30-25(33-18)15-21(16-26(30)35)24-8-3-4-9-27(24)37-2/h3-14,21,25,29-30,33-34H,15-17H2,1-2H3/t21-,25?,29?,30?/m1/s1. The van der Waals surface area contributed by atoms with Crippen molar-refractivity contribution in [2.24, 2.45) is 5.92 Å². The second-order valence-corrected chi connectivity index (χ2v) is 10.4. The summed E-state index contributed by atoms with van der Waals surface area (Å²) in [4.78, 5) is 27.4. The number of ketones is 1. The molecule has 2 aliphatic rings. The molecule has 4 atom stereocenters. The van der Waals surface area contributed by atoms with Gasteiger partial charge in [0.15, 0.2) is 0 Å². The summed E-state index contributed by atoms with van der Waals surface area (Å²) in [5.41, 5.74) is 3.62. The Morgan fingerprint density at radius 1 is 1.08 bits per heavy atom. The molecule has 0 spiro atoms. The molecular weight excluding hydrogens is 502 g/mol. The zero-order chi connectivity index (χ0) is 26.8. The van der Waals surface area contributed by atoms with Crippen LogP contribution in [0.1, 0.15) is 48.3 Å². The van der Waals surface area contributed by atoms with Gasteiger partial charge in [0.05, 0.1) is 12.7 Å². The van der Waals surface area contributed by atoms with Crippen LogP contribution in [0.2, 0.25) is 5.02 Å². The first-order chi connectivity index (χ1) is 18.4. The Morgan fingerprint density at radius 3 is 2.58 bits per heavy atom. The Bertz CT molecular complexity index is 1380. The zero-order valence-electron chi connectivity index (χ0n) is 21.3. The molecule has 5 rings (SSSR count). The highest BCUT2D eigenvalue weighted by atomic mass is 35.5. The third-order valence-electron chi connectivity index (χ3n) is 7.58. The predicted molar refractivity (Wildman–Crippen MR) is 145 cm³/mol. The van der Waals surface area contributed by atoms with E-state index in [2.05, 4.69) is 5.32 Å². The van der Waals surface area contributed by atoms with Crippen LogP contribution in [-0.4, -0.2) is 30.0 Å². The summed E-state index contributed by atoms with van der Waals surface area (Å²) < 4.78 is 11.3. The van der Waals surface area contributed by atoms with E-state index in [1.807, 2.05) is 37.3 Å². The van der Waals surface area contributed by atoms with Crippen LogP contribution in [0.4, 0.5) is 0 Å². The number of methoxy groups -OCH3 is 1. The summed E-state index contributed by atoms with van der Waals surface area (Å²) in [6.07, 6.45) is 1.04. The normalized spacial score (nSPS) is 22.9. The van der Waals surface area contributed by atoms with Crippen molar-refractivity contribution in [1.82, 2.24) is 5.32 Å². The number of halogens is 1. The average Bonchev–Trinajstić information content (AvgIpc) is 2.91. The topological polar surface area (TPSA) is 84.9 Å². The number of carbonyl (C=O) groups excluding carboxylic acids is 2. The minimum atomic E-state index is -0.544. The maximum atomic E-state index is 13.8. The molecule has 2 N–H and O–H groups in total. The van der Waals surface area contributed by atoms with Crippen molar-refractivity contribution in [3.05, 3.63) is 106 Å². The summed E-state index contributed by atoms with van der Waals surface area (Å²) in [5.74, 6) is -0.614. The van der Waals surface area contributed by atoms with Gasteiger partial charge in [0.1, 0.15) is 23.9 Å². The molecule has 196 valence electrons. The fourth-order valence-electron chi connectivity index (χ4n) is 5.90. The number of nitrogens with one attached hydrogen (secondary N) is 1. The third kappa shape index (κ3) is 5.14. The van der Waals surface area contributed by atoms with Gasteiger partial charge in [0, 0.05) is 35.0 Å². The SMILES string of the molecule is COc1ccccc1[C@H]1CC(=O)C2C(C1)NC(C)=C(C(=O)OCc1ccc(Cl)cc1)C2c1cccc(O)c1. The lowest BCUT2D eigenvalue weighted by Gasteiger charge is -2.45. The van der Waals surface area contributed by atoms with Gasteiger partial charge in [-0.1, -0.05) is 54.1 Å². The highest BCUT2D eigenvalue weighted by molar-refractivity contribution is 6.30. The van der Waals surface area contributed by atoms with Crippen LogP contribution in [0.3, 0.4) is 0 Å². The molecule has 0 amide bonds. The van der Waals surface area contributed by atoms with E-state index in [9.17, 15) is 14.7 Å². The van der Waals surface area contributed by atoms with Crippen molar-refractivity contribution < 1.29 is 24.2 Å². The van der Waals surface area contributed by atoms with Gasteiger partial charge >= 0.3 is 5.97 Å². The van der Waals surface area contributed by atoms with Crippen LogP contribution >= 0.6 is 11.6 Å². The van der Waals surface area contributed by atoms with Gasteiger partial charge in [-0.2, -0.15) is 0 Å². The summed E-state index contributed by atoms with van der Waals surface area (Å²) in [5, 5.41) is 14.3. The van der Waals surface area contributed by atoms with Crippen LogP contribution < -0.4 is 10.1 Å². The fraction of sp³-hybridized carbons (Fsp3) is 0.290. The number of aromatic hydroxyl groups is 1. The molecule has 0 saturated heterocycles.